The molecule has 0 bridgehead atoms. The summed E-state index contributed by atoms with van der Waals surface area (Å²) in [4.78, 5) is 0. The minimum absolute atomic E-state index is 0.0524. The molecule has 4 aromatic carbocycles. The molecule has 0 aliphatic rings. The monoisotopic (exact) mass is 575 g/mol. The zero-order valence-electron chi connectivity index (χ0n) is 20.5. The average Bonchev–Trinajstić information content (AvgIpc) is 2.94. The molecule has 1 N–H and O–H groups in total. The van der Waals surface area contributed by atoms with Crippen LogP contribution >= 0.6 is 15.9 Å². The molecule has 0 radical (unpaired) electrons. The van der Waals surface area contributed by atoms with Crippen molar-refractivity contribution in [2.75, 3.05) is 0 Å². The van der Waals surface area contributed by atoms with Crippen LogP contribution in [0.1, 0.15) is 29.2 Å². The average molecular weight is 576 g/mol. The highest BCUT2D eigenvalue weighted by molar-refractivity contribution is 9.08. The van der Waals surface area contributed by atoms with Crippen LogP contribution in [0.15, 0.2) is 97.1 Å². The van der Waals surface area contributed by atoms with E-state index in [4.69, 9.17) is 25.6 Å². The fraction of sp³-hybridized carbons (Fsp3) is 0.100. The summed E-state index contributed by atoms with van der Waals surface area (Å²) in [5.41, 5.74) is 1.94. The Bertz CT molecular complexity index is 1360. The molecule has 0 heterocycles. The first-order valence-corrected chi connectivity index (χ1v) is 12.2. The third-order valence-electron chi connectivity index (χ3n) is 4.42. The zero-order valence-corrected chi connectivity index (χ0v) is 22.1. The molecule has 0 unspecified atom stereocenters. The Morgan fingerprint density at radius 2 is 1.18 bits per heavy atom. The van der Waals surface area contributed by atoms with Crippen molar-refractivity contribution in [2.24, 2.45) is 0 Å². The van der Waals surface area contributed by atoms with Crippen LogP contribution in [-0.2, 0) is 11.9 Å². The molecule has 192 valence electrons. The van der Waals surface area contributed by atoms with E-state index < -0.39 is 11.6 Å². The highest BCUT2D eigenvalue weighted by Gasteiger charge is 2.08. The number of ether oxygens (including phenoxy) is 1. The van der Waals surface area contributed by atoms with Gasteiger partial charge in [0.05, 0.1) is 6.07 Å². The molecule has 0 saturated heterocycles. The van der Waals surface area contributed by atoms with Gasteiger partial charge in [-0.25, -0.2) is 8.78 Å². The largest absolute Gasteiger partial charge is 0.506 e. The fourth-order valence-corrected chi connectivity index (χ4v) is 3.03. The molecule has 8 heteroatoms. The predicted molar refractivity (Wildman–Crippen MR) is 145 cm³/mol. The van der Waals surface area contributed by atoms with Crippen LogP contribution in [0.25, 0.3) is 0 Å². The van der Waals surface area contributed by atoms with Gasteiger partial charge in [-0.1, -0.05) is 88.7 Å². The van der Waals surface area contributed by atoms with Gasteiger partial charge in [-0.05, 0) is 35.4 Å². The third kappa shape index (κ3) is 11.4. The quantitative estimate of drug-likeness (QED) is 0.250. The smallest absolute Gasteiger partial charge is 0.144 e. The van der Waals surface area contributed by atoms with Gasteiger partial charge in [-0.15, -0.1) is 0 Å². The SMILES string of the molecule is BrCc1ccccc1.CC#N.N#Cc1c(F)cccc1OCc1ccccc1.N#Cc1c(O)cccc1F. The summed E-state index contributed by atoms with van der Waals surface area (Å²) in [6.45, 7) is 1.75. The van der Waals surface area contributed by atoms with Crippen LogP contribution in [0.2, 0.25) is 0 Å². The van der Waals surface area contributed by atoms with Gasteiger partial charge in [0.15, 0.2) is 0 Å². The van der Waals surface area contributed by atoms with E-state index in [1.165, 1.54) is 42.8 Å². The maximum atomic E-state index is 13.3. The second-order valence-corrected chi connectivity index (χ2v) is 7.65. The molecular weight excluding hydrogens is 552 g/mol. The predicted octanol–water partition coefficient (Wildman–Crippen LogP) is 7.79. The lowest BCUT2D eigenvalue weighted by molar-refractivity contribution is 0.303. The van der Waals surface area contributed by atoms with Crippen molar-refractivity contribution in [1.29, 1.82) is 15.8 Å². The molecule has 0 atom stereocenters. The first kappa shape index (κ1) is 31.3. The van der Waals surface area contributed by atoms with Crippen molar-refractivity contribution < 1.29 is 18.6 Å². The lowest BCUT2D eigenvalue weighted by Crippen LogP contribution is -1.98. The topological polar surface area (TPSA) is 101 Å². The summed E-state index contributed by atoms with van der Waals surface area (Å²) in [5.74, 6) is -1.29. The lowest BCUT2D eigenvalue weighted by Gasteiger charge is -2.07. The Labute approximate surface area is 229 Å². The second-order valence-electron chi connectivity index (χ2n) is 7.09. The summed E-state index contributed by atoms with van der Waals surface area (Å²) < 4.78 is 31.2. The highest BCUT2D eigenvalue weighted by Crippen LogP contribution is 2.21. The molecule has 5 nitrogen and oxygen atoms in total. The Morgan fingerprint density at radius 1 is 0.711 bits per heavy atom. The van der Waals surface area contributed by atoms with E-state index in [0.29, 0.717) is 6.61 Å². The van der Waals surface area contributed by atoms with E-state index >= 15 is 0 Å². The van der Waals surface area contributed by atoms with Crippen LogP contribution in [-0.4, -0.2) is 5.11 Å². The van der Waals surface area contributed by atoms with Gasteiger partial charge in [0.1, 0.15) is 53.0 Å². The molecule has 4 aromatic rings. The molecule has 0 amide bonds. The van der Waals surface area contributed by atoms with Gasteiger partial charge in [0, 0.05) is 12.3 Å². The standard InChI is InChI=1S/C14H10FNO.C7H7Br.C7H4FNO.C2H3N/c15-13-7-4-8-14(12(13)9-16)17-10-11-5-2-1-3-6-11;8-6-7-4-2-1-3-5-7;8-6-2-1-3-7(10)5(6)4-9;1-2-3/h1-8H,10H2;1-5H,6H2;1-3,10H;1H3. The maximum absolute atomic E-state index is 13.3. The van der Waals surface area contributed by atoms with Gasteiger partial charge < -0.3 is 9.84 Å². The summed E-state index contributed by atoms with van der Waals surface area (Å²) >= 11 is 3.36. The van der Waals surface area contributed by atoms with E-state index in [1.54, 1.807) is 18.2 Å². The van der Waals surface area contributed by atoms with E-state index in [1.807, 2.05) is 48.5 Å². The van der Waals surface area contributed by atoms with Gasteiger partial charge in [-0.2, -0.15) is 15.8 Å². The fourth-order valence-electron chi connectivity index (χ4n) is 2.66. The molecule has 0 saturated carbocycles. The Morgan fingerprint density at radius 3 is 1.61 bits per heavy atom. The van der Waals surface area contributed by atoms with E-state index in [9.17, 15) is 8.78 Å². The Hall–Kier alpha value is -4.71. The van der Waals surface area contributed by atoms with Gasteiger partial charge in [0.25, 0.3) is 0 Å². The zero-order chi connectivity index (χ0) is 28.2. The number of aromatic hydroxyl groups is 1. The number of alkyl halides is 1. The normalized spacial score (nSPS) is 8.76. The Balaban J connectivity index is 0.000000292. The number of phenols is 1. The van der Waals surface area contributed by atoms with Crippen LogP contribution in [0.4, 0.5) is 8.78 Å². The number of hydrogen-bond acceptors (Lipinski definition) is 5. The molecule has 0 aliphatic carbocycles. The van der Waals surface area contributed by atoms with Crippen LogP contribution in [0.3, 0.4) is 0 Å². The van der Waals surface area contributed by atoms with Crippen molar-refractivity contribution in [3.05, 3.63) is 131 Å². The number of benzene rings is 4. The minimum atomic E-state index is -0.692. The summed E-state index contributed by atoms with van der Waals surface area (Å²) in [7, 11) is 0. The summed E-state index contributed by atoms with van der Waals surface area (Å²) in [5, 5.41) is 34.2. The second kappa shape index (κ2) is 18.5. The van der Waals surface area contributed by atoms with Crippen LogP contribution in [0, 0.1) is 45.6 Å². The molecule has 4 rings (SSSR count). The van der Waals surface area contributed by atoms with E-state index in [-0.39, 0.29) is 22.6 Å². The number of nitriles is 3. The Kier molecular flexibility index (Phi) is 15.3. The lowest BCUT2D eigenvalue weighted by atomic mass is 10.2. The number of rotatable bonds is 4. The molecular formula is C30H24BrF2N3O2. The van der Waals surface area contributed by atoms with Crippen molar-refractivity contribution in [3.8, 4) is 29.7 Å². The first-order valence-electron chi connectivity index (χ1n) is 11.0. The minimum Gasteiger partial charge on any atom is -0.506 e. The van der Waals surface area contributed by atoms with Gasteiger partial charge >= 0.3 is 0 Å². The van der Waals surface area contributed by atoms with Crippen LogP contribution in [0.5, 0.6) is 11.5 Å². The number of phenolic OH excluding ortho intramolecular Hbond substituents is 1. The molecule has 0 aromatic heterocycles. The number of nitrogens with zero attached hydrogens (tertiary/aromatic N) is 3. The third-order valence-corrected chi connectivity index (χ3v) is 5.07. The number of hydrogen-bond donors (Lipinski definition) is 1. The summed E-state index contributed by atoms with van der Waals surface area (Å²) in [6.07, 6.45) is 0. The van der Waals surface area contributed by atoms with E-state index in [0.717, 1.165) is 17.0 Å². The van der Waals surface area contributed by atoms with E-state index in [2.05, 4.69) is 28.1 Å². The van der Waals surface area contributed by atoms with Crippen molar-refractivity contribution >= 4 is 15.9 Å². The number of halogens is 3. The molecule has 0 fully saturated rings. The van der Waals surface area contributed by atoms with Crippen molar-refractivity contribution in [3.63, 3.8) is 0 Å². The van der Waals surface area contributed by atoms with Gasteiger partial charge in [-0.3, -0.25) is 0 Å². The molecule has 0 spiro atoms. The maximum Gasteiger partial charge on any atom is 0.144 e. The molecule has 0 aliphatic heterocycles. The van der Waals surface area contributed by atoms with Gasteiger partial charge in [0.2, 0.25) is 0 Å². The van der Waals surface area contributed by atoms with Crippen molar-refractivity contribution in [2.45, 2.75) is 18.9 Å². The molecule has 38 heavy (non-hydrogen) atoms. The highest BCUT2D eigenvalue weighted by atomic mass is 79.9. The van der Waals surface area contributed by atoms with Crippen LogP contribution < -0.4 is 4.74 Å². The first-order chi connectivity index (χ1) is 18.4. The summed E-state index contributed by atoms with van der Waals surface area (Å²) in [6, 6.07) is 33.0. The van der Waals surface area contributed by atoms with Crippen molar-refractivity contribution in [1.82, 2.24) is 0 Å².